The van der Waals surface area contributed by atoms with Crippen molar-refractivity contribution in [1.82, 2.24) is 4.90 Å². The lowest BCUT2D eigenvalue weighted by molar-refractivity contribution is -0.143. The molecule has 1 aliphatic heterocycles. The van der Waals surface area contributed by atoms with Gasteiger partial charge in [-0.15, -0.1) is 0 Å². The number of rotatable bonds is 1. The van der Waals surface area contributed by atoms with Gasteiger partial charge in [-0.1, -0.05) is 0 Å². The molecule has 0 aliphatic carbocycles. The van der Waals surface area contributed by atoms with Crippen molar-refractivity contribution in [1.29, 1.82) is 0 Å². The Hall–Kier alpha value is -0.220. The van der Waals surface area contributed by atoms with Crippen LogP contribution in [0.1, 0.15) is 33.6 Å². The zero-order valence-electron chi connectivity index (χ0n) is 8.50. The van der Waals surface area contributed by atoms with E-state index < -0.39 is 5.97 Å². The van der Waals surface area contributed by atoms with Gasteiger partial charge in [0.05, 0.1) is 0 Å². The maximum Gasteiger partial charge on any atom is 0.320 e. The molecule has 1 saturated heterocycles. The molecule has 4 heteroatoms. The summed E-state index contributed by atoms with van der Waals surface area (Å²) in [6, 6.07) is -0.259. The number of hydrogen-bond acceptors (Lipinski definition) is 2. The average molecular weight is 205 g/mol. The molecular formula is C9H19NO2S. The van der Waals surface area contributed by atoms with Crippen molar-refractivity contribution in [2.24, 2.45) is 0 Å². The standard InChI is InChI=1S/C9H17NO2.H2S/c1-9(2,3)10-6-4-5-7(10)8(11)12;/h7H,4-6H2,1-3H3,(H,11,12);1H2/t7-;/m0./s1. The monoisotopic (exact) mass is 205 g/mol. The molecule has 78 valence electrons. The lowest BCUT2D eigenvalue weighted by Crippen LogP contribution is -2.47. The minimum Gasteiger partial charge on any atom is -0.480 e. The minimum absolute atomic E-state index is 0. The van der Waals surface area contributed by atoms with Crippen molar-refractivity contribution in [2.45, 2.75) is 45.2 Å². The summed E-state index contributed by atoms with van der Waals surface area (Å²) in [4.78, 5) is 12.9. The lowest BCUT2D eigenvalue weighted by Gasteiger charge is -2.34. The minimum atomic E-state index is -0.678. The van der Waals surface area contributed by atoms with Crippen LogP contribution in [0.3, 0.4) is 0 Å². The van der Waals surface area contributed by atoms with E-state index in [4.69, 9.17) is 5.11 Å². The summed E-state index contributed by atoms with van der Waals surface area (Å²) >= 11 is 0. The number of carbonyl (C=O) groups is 1. The lowest BCUT2D eigenvalue weighted by atomic mass is 10.0. The Bertz CT molecular complexity index is 189. The molecule has 0 radical (unpaired) electrons. The molecule has 0 unspecified atom stereocenters. The largest absolute Gasteiger partial charge is 0.480 e. The Balaban J connectivity index is 0.00000144. The van der Waals surface area contributed by atoms with Gasteiger partial charge >= 0.3 is 5.97 Å². The number of carboxylic acids is 1. The molecule has 0 aromatic rings. The molecule has 0 amide bonds. The molecule has 0 spiro atoms. The smallest absolute Gasteiger partial charge is 0.320 e. The van der Waals surface area contributed by atoms with Gasteiger partial charge in [-0.25, -0.2) is 0 Å². The Morgan fingerprint density at radius 2 is 2.00 bits per heavy atom. The highest BCUT2D eigenvalue weighted by molar-refractivity contribution is 7.59. The van der Waals surface area contributed by atoms with Gasteiger partial charge in [-0.3, -0.25) is 9.69 Å². The molecule has 1 aliphatic rings. The first kappa shape index (κ1) is 12.8. The van der Waals surface area contributed by atoms with E-state index in [1.807, 2.05) is 0 Å². The van der Waals surface area contributed by atoms with Crippen molar-refractivity contribution >= 4 is 19.5 Å². The highest BCUT2D eigenvalue weighted by Crippen LogP contribution is 2.26. The van der Waals surface area contributed by atoms with Crippen LogP contribution in [0.4, 0.5) is 0 Å². The first-order valence-electron chi connectivity index (χ1n) is 4.42. The molecule has 0 saturated carbocycles. The average Bonchev–Trinajstić information content (AvgIpc) is 2.30. The van der Waals surface area contributed by atoms with Crippen molar-refractivity contribution in [3.8, 4) is 0 Å². The fourth-order valence-electron chi connectivity index (χ4n) is 1.83. The molecule has 1 rings (SSSR count). The zero-order chi connectivity index (χ0) is 9.35. The summed E-state index contributed by atoms with van der Waals surface area (Å²) in [5, 5.41) is 8.91. The van der Waals surface area contributed by atoms with Gasteiger partial charge in [-0.05, 0) is 40.2 Å². The topological polar surface area (TPSA) is 40.5 Å². The van der Waals surface area contributed by atoms with E-state index >= 15 is 0 Å². The third-order valence-corrected chi connectivity index (χ3v) is 2.40. The maximum absolute atomic E-state index is 10.8. The predicted molar refractivity (Wildman–Crippen MR) is 57.5 cm³/mol. The van der Waals surface area contributed by atoms with Crippen LogP contribution < -0.4 is 0 Å². The first-order chi connectivity index (χ1) is 5.43. The third-order valence-electron chi connectivity index (χ3n) is 2.40. The summed E-state index contributed by atoms with van der Waals surface area (Å²) in [6.45, 7) is 7.11. The summed E-state index contributed by atoms with van der Waals surface area (Å²) in [5.74, 6) is -0.678. The van der Waals surface area contributed by atoms with Crippen LogP contribution in [0, 0.1) is 0 Å². The molecule has 1 heterocycles. The van der Waals surface area contributed by atoms with Gasteiger partial charge in [0.2, 0.25) is 0 Å². The van der Waals surface area contributed by atoms with Crippen molar-refractivity contribution < 1.29 is 9.90 Å². The van der Waals surface area contributed by atoms with E-state index in [2.05, 4.69) is 25.7 Å². The van der Waals surface area contributed by atoms with Gasteiger partial charge in [-0.2, -0.15) is 13.5 Å². The van der Waals surface area contributed by atoms with Crippen LogP contribution in [0.15, 0.2) is 0 Å². The van der Waals surface area contributed by atoms with E-state index in [1.165, 1.54) is 0 Å². The molecule has 1 fully saturated rings. The van der Waals surface area contributed by atoms with Crippen molar-refractivity contribution in [3.63, 3.8) is 0 Å². The van der Waals surface area contributed by atoms with Crippen molar-refractivity contribution in [2.75, 3.05) is 6.54 Å². The van der Waals surface area contributed by atoms with E-state index in [0.29, 0.717) is 0 Å². The molecule has 0 bridgehead atoms. The molecule has 13 heavy (non-hydrogen) atoms. The van der Waals surface area contributed by atoms with Gasteiger partial charge in [0.15, 0.2) is 0 Å². The second kappa shape index (κ2) is 4.33. The Kier molecular flexibility index (Phi) is 4.26. The maximum atomic E-state index is 10.8. The molecule has 0 aromatic heterocycles. The highest BCUT2D eigenvalue weighted by atomic mass is 32.1. The molecule has 1 atom stereocenters. The second-order valence-corrected chi connectivity index (χ2v) is 4.36. The SMILES string of the molecule is CC(C)(C)N1CCC[C@H]1C(=O)O.S. The first-order valence-corrected chi connectivity index (χ1v) is 4.42. The summed E-state index contributed by atoms with van der Waals surface area (Å²) < 4.78 is 0. The normalized spacial score (nSPS) is 24.1. The fourth-order valence-corrected chi connectivity index (χ4v) is 1.83. The van der Waals surface area contributed by atoms with E-state index in [1.54, 1.807) is 0 Å². The molecular weight excluding hydrogens is 186 g/mol. The number of hydrogen-bond donors (Lipinski definition) is 1. The van der Waals surface area contributed by atoms with Gasteiger partial charge in [0, 0.05) is 5.54 Å². The zero-order valence-corrected chi connectivity index (χ0v) is 9.50. The van der Waals surface area contributed by atoms with Gasteiger partial charge in [0.1, 0.15) is 6.04 Å². The summed E-state index contributed by atoms with van der Waals surface area (Å²) in [6.07, 6.45) is 1.81. The molecule has 0 aromatic carbocycles. The molecule has 3 nitrogen and oxygen atoms in total. The Morgan fingerprint density at radius 3 is 2.31 bits per heavy atom. The van der Waals surface area contributed by atoms with Crippen LogP contribution in [-0.2, 0) is 4.79 Å². The number of likely N-dealkylation sites (tertiary alicyclic amines) is 1. The van der Waals surface area contributed by atoms with Crippen LogP contribution in [0.25, 0.3) is 0 Å². The number of nitrogens with zero attached hydrogens (tertiary/aromatic N) is 1. The quantitative estimate of drug-likeness (QED) is 0.704. The van der Waals surface area contributed by atoms with Gasteiger partial charge in [0.25, 0.3) is 0 Å². The van der Waals surface area contributed by atoms with E-state index in [-0.39, 0.29) is 25.1 Å². The number of aliphatic carboxylic acids is 1. The Labute approximate surface area is 86.6 Å². The van der Waals surface area contributed by atoms with E-state index in [0.717, 1.165) is 19.4 Å². The van der Waals surface area contributed by atoms with Crippen LogP contribution in [0.2, 0.25) is 0 Å². The molecule has 1 N–H and O–H groups in total. The van der Waals surface area contributed by atoms with Crippen LogP contribution in [-0.4, -0.2) is 34.1 Å². The fraction of sp³-hybridized carbons (Fsp3) is 0.889. The summed E-state index contributed by atoms with van der Waals surface area (Å²) in [5.41, 5.74) is -0.0143. The highest BCUT2D eigenvalue weighted by Gasteiger charge is 2.36. The Morgan fingerprint density at radius 1 is 1.46 bits per heavy atom. The number of carboxylic acid groups (broad SMARTS) is 1. The van der Waals surface area contributed by atoms with E-state index in [9.17, 15) is 4.79 Å². The van der Waals surface area contributed by atoms with Crippen LogP contribution in [0.5, 0.6) is 0 Å². The predicted octanol–water partition coefficient (Wildman–Crippen LogP) is 1.45. The summed E-state index contributed by atoms with van der Waals surface area (Å²) in [7, 11) is 0. The second-order valence-electron chi connectivity index (χ2n) is 4.36. The van der Waals surface area contributed by atoms with Crippen molar-refractivity contribution in [3.05, 3.63) is 0 Å². The third kappa shape index (κ3) is 2.88. The van der Waals surface area contributed by atoms with Gasteiger partial charge < -0.3 is 5.11 Å². The van der Waals surface area contributed by atoms with Crippen LogP contribution >= 0.6 is 13.5 Å².